The van der Waals surface area contributed by atoms with E-state index in [4.69, 9.17) is 16.7 Å². The summed E-state index contributed by atoms with van der Waals surface area (Å²) < 4.78 is 0. The number of nitrogens with zero attached hydrogens (tertiary/aromatic N) is 4. The van der Waals surface area contributed by atoms with E-state index in [1.54, 1.807) is 31.2 Å². The van der Waals surface area contributed by atoms with Crippen molar-refractivity contribution < 1.29 is 14.7 Å². The topological polar surface area (TPSA) is 110 Å². The van der Waals surface area contributed by atoms with Gasteiger partial charge in [0.15, 0.2) is 0 Å². The van der Waals surface area contributed by atoms with Crippen LogP contribution in [0.25, 0.3) is 11.4 Å². The van der Waals surface area contributed by atoms with Crippen molar-refractivity contribution in [2.45, 2.75) is 32.4 Å². The van der Waals surface area contributed by atoms with Gasteiger partial charge in [-0.15, -0.1) is 10.2 Å². The summed E-state index contributed by atoms with van der Waals surface area (Å²) in [6.07, 6.45) is 0.259. The van der Waals surface area contributed by atoms with Gasteiger partial charge in [-0.25, -0.2) is 4.79 Å². The number of carboxylic acids is 1. The van der Waals surface area contributed by atoms with Crippen molar-refractivity contribution in [3.63, 3.8) is 0 Å². The van der Waals surface area contributed by atoms with Gasteiger partial charge >= 0.3 is 5.97 Å². The Labute approximate surface area is 137 Å². The minimum atomic E-state index is -1.32. The third-order valence-corrected chi connectivity index (χ3v) is 3.69. The lowest BCUT2D eigenvalue weighted by Gasteiger charge is -2.24. The van der Waals surface area contributed by atoms with Crippen LogP contribution >= 0.6 is 11.6 Å². The molecule has 122 valence electrons. The average molecular weight is 338 g/mol. The second-order valence-corrected chi connectivity index (χ2v) is 5.63. The van der Waals surface area contributed by atoms with Crippen molar-refractivity contribution in [3.8, 4) is 11.4 Å². The van der Waals surface area contributed by atoms with E-state index in [1.165, 1.54) is 6.92 Å². The first kappa shape index (κ1) is 16.9. The molecule has 1 heterocycles. The Morgan fingerprint density at radius 2 is 2.00 bits per heavy atom. The third-order valence-electron chi connectivity index (χ3n) is 3.43. The fourth-order valence-corrected chi connectivity index (χ4v) is 1.92. The monoisotopic (exact) mass is 337 g/mol. The first-order chi connectivity index (χ1) is 10.8. The number of hydrogen-bond acceptors (Lipinski definition) is 5. The molecule has 1 atom stereocenters. The minimum absolute atomic E-state index is 0.219. The van der Waals surface area contributed by atoms with Gasteiger partial charge in [0.25, 0.3) is 0 Å². The molecule has 0 bridgehead atoms. The fraction of sp³-hybridized carbons (Fsp3) is 0.357. The average Bonchev–Trinajstić information content (AvgIpc) is 2.95. The Balaban J connectivity index is 2.05. The highest BCUT2D eigenvalue weighted by Crippen LogP contribution is 2.17. The molecular formula is C14H16ClN5O3. The summed E-state index contributed by atoms with van der Waals surface area (Å²) in [6, 6.07) is 6.87. The number of carbonyl (C=O) groups is 2. The molecule has 0 spiro atoms. The number of nitrogens with one attached hydrogen (secondary N) is 1. The predicted molar refractivity (Wildman–Crippen MR) is 82.7 cm³/mol. The van der Waals surface area contributed by atoms with E-state index in [0.29, 0.717) is 16.4 Å². The highest BCUT2D eigenvalue weighted by atomic mass is 35.5. The molecule has 9 heteroatoms. The van der Waals surface area contributed by atoms with Gasteiger partial charge in [-0.05, 0) is 42.8 Å². The molecule has 2 aromatic rings. The molecule has 0 saturated heterocycles. The number of aromatic nitrogens is 4. The summed E-state index contributed by atoms with van der Waals surface area (Å²) >= 11 is 5.81. The molecule has 1 aromatic carbocycles. The van der Waals surface area contributed by atoms with Crippen LogP contribution in [-0.4, -0.2) is 42.7 Å². The zero-order chi connectivity index (χ0) is 17.0. The van der Waals surface area contributed by atoms with Crippen LogP contribution in [-0.2, 0) is 16.1 Å². The Kier molecular flexibility index (Phi) is 4.95. The van der Waals surface area contributed by atoms with E-state index in [1.807, 2.05) is 0 Å². The lowest BCUT2D eigenvalue weighted by atomic mass is 9.99. The van der Waals surface area contributed by atoms with E-state index >= 15 is 0 Å². The van der Waals surface area contributed by atoms with E-state index in [0.717, 1.165) is 4.80 Å². The number of halogens is 1. The van der Waals surface area contributed by atoms with Crippen LogP contribution in [0.4, 0.5) is 0 Å². The number of hydrogen-bond donors (Lipinski definition) is 2. The van der Waals surface area contributed by atoms with Gasteiger partial charge in [0, 0.05) is 10.6 Å². The van der Waals surface area contributed by atoms with Crippen LogP contribution in [0.5, 0.6) is 0 Å². The molecule has 1 aromatic heterocycles. The van der Waals surface area contributed by atoms with Crippen molar-refractivity contribution in [3.05, 3.63) is 29.3 Å². The zero-order valence-corrected chi connectivity index (χ0v) is 13.4. The van der Waals surface area contributed by atoms with Gasteiger partial charge in [-0.3, -0.25) is 4.79 Å². The van der Waals surface area contributed by atoms with Crippen molar-refractivity contribution in [1.82, 2.24) is 25.5 Å². The molecule has 8 nitrogen and oxygen atoms in total. The Morgan fingerprint density at radius 3 is 2.57 bits per heavy atom. The molecule has 2 N–H and O–H groups in total. The van der Waals surface area contributed by atoms with E-state index < -0.39 is 17.4 Å². The second kappa shape index (κ2) is 6.74. The van der Waals surface area contributed by atoms with Gasteiger partial charge in [0.1, 0.15) is 12.1 Å². The quantitative estimate of drug-likeness (QED) is 0.823. The van der Waals surface area contributed by atoms with Gasteiger partial charge in [0.05, 0.1) is 0 Å². The van der Waals surface area contributed by atoms with Crippen LogP contribution in [0.15, 0.2) is 24.3 Å². The maximum absolute atomic E-state index is 12.0. The predicted octanol–water partition coefficient (Wildman–Crippen LogP) is 1.36. The van der Waals surface area contributed by atoms with Crippen LogP contribution in [0.1, 0.15) is 20.3 Å². The zero-order valence-electron chi connectivity index (χ0n) is 12.7. The normalized spacial score (nSPS) is 13.3. The maximum atomic E-state index is 12.0. The fourth-order valence-electron chi connectivity index (χ4n) is 1.79. The number of carbonyl (C=O) groups excluding carboxylic acids is 1. The van der Waals surface area contributed by atoms with Crippen molar-refractivity contribution in [2.75, 3.05) is 0 Å². The first-order valence-electron chi connectivity index (χ1n) is 6.92. The second-order valence-electron chi connectivity index (χ2n) is 5.19. The standard InChI is InChI=1S/C14H16ClN5O3/c1-3-14(2,13(22)23)16-11(21)8-20-18-12(17-19-20)9-4-6-10(15)7-5-9/h4-7H,3,8H2,1-2H3,(H,16,21)(H,22,23). The smallest absolute Gasteiger partial charge is 0.329 e. The summed E-state index contributed by atoms with van der Waals surface area (Å²) in [5.74, 6) is -1.25. The van der Waals surface area contributed by atoms with Gasteiger partial charge in [-0.2, -0.15) is 4.80 Å². The summed E-state index contributed by atoms with van der Waals surface area (Å²) in [6.45, 7) is 2.91. The number of rotatable bonds is 6. The van der Waals surface area contributed by atoms with Gasteiger partial charge in [-0.1, -0.05) is 18.5 Å². The van der Waals surface area contributed by atoms with Crippen LogP contribution in [0, 0.1) is 0 Å². The van der Waals surface area contributed by atoms with Crippen molar-refractivity contribution >= 4 is 23.5 Å². The molecule has 0 aliphatic rings. The van der Waals surface area contributed by atoms with E-state index in [-0.39, 0.29) is 13.0 Å². The molecule has 23 heavy (non-hydrogen) atoms. The summed E-state index contributed by atoms with van der Waals surface area (Å²) in [7, 11) is 0. The lowest BCUT2D eigenvalue weighted by Crippen LogP contribution is -2.52. The van der Waals surface area contributed by atoms with Crippen molar-refractivity contribution in [2.24, 2.45) is 0 Å². The number of amides is 1. The molecule has 1 unspecified atom stereocenters. The highest BCUT2D eigenvalue weighted by Gasteiger charge is 2.32. The van der Waals surface area contributed by atoms with Gasteiger partial charge in [0.2, 0.25) is 11.7 Å². The molecule has 0 radical (unpaired) electrons. The number of carboxylic acid groups (broad SMARTS) is 1. The highest BCUT2D eigenvalue weighted by molar-refractivity contribution is 6.30. The van der Waals surface area contributed by atoms with Gasteiger partial charge < -0.3 is 10.4 Å². The molecule has 2 rings (SSSR count). The molecule has 1 amide bonds. The minimum Gasteiger partial charge on any atom is -0.480 e. The Bertz CT molecular complexity index is 715. The van der Waals surface area contributed by atoms with E-state index in [9.17, 15) is 9.59 Å². The number of aliphatic carboxylic acids is 1. The van der Waals surface area contributed by atoms with Crippen LogP contribution < -0.4 is 5.32 Å². The summed E-state index contributed by atoms with van der Waals surface area (Å²) in [5.41, 5.74) is -0.610. The number of benzene rings is 1. The largest absolute Gasteiger partial charge is 0.480 e. The summed E-state index contributed by atoms with van der Waals surface area (Å²) in [4.78, 5) is 24.3. The summed E-state index contributed by atoms with van der Waals surface area (Å²) in [5, 5.41) is 23.9. The van der Waals surface area contributed by atoms with Crippen molar-refractivity contribution in [1.29, 1.82) is 0 Å². The first-order valence-corrected chi connectivity index (χ1v) is 7.30. The molecular weight excluding hydrogens is 322 g/mol. The van der Waals surface area contributed by atoms with Crippen LogP contribution in [0.2, 0.25) is 5.02 Å². The molecule has 0 saturated carbocycles. The Morgan fingerprint density at radius 1 is 1.35 bits per heavy atom. The van der Waals surface area contributed by atoms with E-state index in [2.05, 4.69) is 20.7 Å². The Hall–Kier alpha value is -2.48. The maximum Gasteiger partial charge on any atom is 0.329 e. The molecule has 0 aliphatic heterocycles. The number of tetrazole rings is 1. The van der Waals surface area contributed by atoms with Crippen LogP contribution in [0.3, 0.4) is 0 Å². The SMILES string of the molecule is CCC(C)(NC(=O)Cn1nnc(-c2ccc(Cl)cc2)n1)C(=O)O. The molecule has 0 aliphatic carbocycles. The lowest BCUT2D eigenvalue weighted by molar-refractivity contribution is -0.147. The third kappa shape index (κ3) is 4.04. The molecule has 0 fully saturated rings.